The van der Waals surface area contributed by atoms with Crippen molar-refractivity contribution in [3.05, 3.63) is 33.9 Å². The van der Waals surface area contributed by atoms with Crippen molar-refractivity contribution >= 4 is 23.2 Å². The minimum absolute atomic E-state index is 0.529. The Balaban J connectivity index is 3.56. The van der Waals surface area contributed by atoms with Crippen molar-refractivity contribution in [3.63, 3.8) is 0 Å². The van der Waals surface area contributed by atoms with E-state index in [4.69, 9.17) is 23.2 Å². The van der Waals surface area contributed by atoms with Crippen LogP contribution in [0.15, 0.2) is 0 Å². The Morgan fingerprint density at radius 3 is 1.77 bits per heavy atom. The number of hydrogen-bond acceptors (Lipinski definition) is 0. The van der Waals surface area contributed by atoms with Gasteiger partial charge in [0, 0.05) is 5.56 Å². The molecule has 0 bridgehead atoms. The predicted molar refractivity (Wildman–Crippen MR) is 40.8 cm³/mol. The summed E-state index contributed by atoms with van der Waals surface area (Å²) in [6, 6.07) is 0. The lowest BCUT2D eigenvalue weighted by Crippen LogP contribution is -2.01. The van der Waals surface area contributed by atoms with Gasteiger partial charge in [0.05, 0.1) is 10.9 Å². The lowest BCUT2D eigenvalue weighted by molar-refractivity contribution is 0.406. The molecule has 0 atom stereocenters. The molecule has 0 aliphatic heterocycles. The summed E-state index contributed by atoms with van der Waals surface area (Å²) in [5, 5.41) is -0.827. The molecule has 0 radical (unpaired) electrons. The zero-order valence-corrected chi connectivity index (χ0v) is 7.49. The van der Waals surface area contributed by atoms with E-state index in [-0.39, 0.29) is 0 Å². The Hall–Kier alpha value is -0.480. The number of alkyl halides is 1. The molecule has 0 saturated heterocycles. The van der Waals surface area contributed by atoms with E-state index < -0.39 is 39.7 Å². The Labute approximate surface area is 81.1 Å². The Morgan fingerprint density at radius 2 is 1.31 bits per heavy atom. The van der Waals surface area contributed by atoms with E-state index in [1.54, 1.807) is 0 Å². The summed E-state index contributed by atoms with van der Waals surface area (Å²) in [5.41, 5.74) is -0.584. The Bertz CT molecular complexity index is 322. The molecule has 13 heavy (non-hydrogen) atoms. The maximum atomic E-state index is 12.8. The summed E-state index contributed by atoms with van der Waals surface area (Å²) in [5.74, 6) is -7.55. The van der Waals surface area contributed by atoms with Crippen LogP contribution in [0, 0.1) is 23.3 Å². The van der Waals surface area contributed by atoms with Crippen LogP contribution in [0.4, 0.5) is 17.6 Å². The molecular weight excluding hydrogens is 231 g/mol. The third-order valence-electron chi connectivity index (χ3n) is 1.43. The summed E-state index contributed by atoms with van der Waals surface area (Å²) >= 11 is 10.3. The van der Waals surface area contributed by atoms with E-state index in [1.165, 1.54) is 0 Å². The largest absolute Gasteiger partial charge is 0.203 e. The van der Waals surface area contributed by atoms with Crippen LogP contribution in [0.3, 0.4) is 0 Å². The van der Waals surface area contributed by atoms with Gasteiger partial charge < -0.3 is 0 Å². The molecule has 0 amide bonds. The molecule has 0 spiro atoms. The van der Waals surface area contributed by atoms with E-state index >= 15 is 0 Å². The monoisotopic (exact) mass is 232 g/mol. The van der Waals surface area contributed by atoms with Gasteiger partial charge >= 0.3 is 0 Å². The Morgan fingerprint density at radius 1 is 0.846 bits per heavy atom. The van der Waals surface area contributed by atoms with Crippen LogP contribution in [-0.2, 0) is 5.88 Å². The summed E-state index contributed by atoms with van der Waals surface area (Å²) in [4.78, 5) is 0. The molecular formula is C7H2Cl2F4. The molecule has 0 fully saturated rings. The maximum absolute atomic E-state index is 12.8. The highest BCUT2D eigenvalue weighted by Crippen LogP contribution is 2.28. The second kappa shape index (κ2) is 3.72. The fourth-order valence-corrected chi connectivity index (χ4v) is 1.32. The minimum Gasteiger partial charge on any atom is -0.203 e. The molecule has 0 heterocycles. The molecule has 0 saturated carbocycles. The smallest absolute Gasteiger partial charge is 0.199 e. The maximum Gasteiger partial charge on any atom is 0.199 e. The van der Waals surface area contributed by atoms with Crippen LogP contribution in [0.25, 0.3) is 0 Å². The van der Waals surface area contributed by atoms with Crippen LogP contribution in [0.1, 0.15) is 5.56 Å². The summed E-state index contributed by atoms with van der Waals surface area (Å²) in [6.45, 7) is 0. The molecule has 1 rings (SSSR count). The van der Waals surface area contributed by atoms with E-state index in [0.29, 0.717) is 0 Å². The summed E-state index contributed by atoms with van der Waals surface area (Å²) in [7, 11) is 0. The van der Waals surface area contributed by atoms with E-state index in [0.717, 1.165) is 0 Å². The van der Waals surface area contributed by atoms with Crippen molar-refractivity contribution in [1.29, 1.82) is 0 Å². The predicted octanol–water partition coefficient (Wildman–Crippen LogP) is 3.64. The lowest BCUT2D eigenvalue weighted by Gasteiger charge is -2.05. The highest BCUT2D eigenvalue weighted by molar-refractivity contribution is 6.32. The molecule has 0 aliphatic carbocycles. The van der Waals surface area contributed by atoms with Crippen LogP contribution >= 0.6 is 23.2 Å². The zero-order valence-electron chi connectivity index (χ0n) is 5.97. The number of rotatable bonds is 1. The first-order valence-electron chi connectivity index (χ1n) is 3.07. The van der Waals surface area contributed by atoms with E-state index in [9.17, 15) is 17.6 Å². The van der Waals surface area contributed by atoms with E-state index in [2.05, 4.69) is 0 Å². The highest BCUT2D eigenvalue weighted by atomic mass is 35.5. The molecule has 1 aromatic rings. The first-order valence-corrected chi connectivity index (χ1v) is 3.98. The fraction of sp³-hybridized carbons (Fsp3) is 0.143. The second-order valence-corrected chi connectivity index (χ2v) is 2.83. The van der Waals surface area contributed by atoms with Crippen LogP contribution in [0.2, 0.25) is 5.02 Å². The summed E-state index contributed by atoms with van der Waals surface area (Å²) in [6.07, 6.45) is 0. The first-order chi connectivity index (χ1) is 6.00. The van der Waals surface area contributed by atoms with Gasteiger partial charge in [0.15, 0.2) is 23.3 Å². The van der Waals surface area contributed by atoms with Crippen molar-refractivity contribution < 1.29 is 17.6 Å². The Kier molecular flexibility index (Phi) is 3.03. The molecule has 0 N–H and O–H groups in total. The topological polar surface area (TPSA) is 0 Å². The number of hydrogen-bond donors (Lipinski definition) is 0. The SMILES string of the molecule is Fc1c(F)c(F)c(CCl)c(Cl)c1F. The van der Waals surface area contributed by atoms with Gasteiger partial charge in [0.25, 0.3) is 0 Å². The third-order valence-corrected chi connectivity index (χ3v) is 2.10. The third kappa shape index (κ3) is 1.60. The normalized spacial score (nSPS) is 10.6. The van der Waals surface area contributed by atoms with Crippen LogP contribution < -0.4 is 0 Å². The van der Waals surface area contributed by atoms with Gasteiger partial charge in [-0.25, -0.2) is 17.6 Å². The molecule has 0 aromatic heterocycles. The standard InChI is InChI=1S/C7H2Cl2F4/c8-1-2-3(9)5(11)7(13)6(12)4(2)10/h1H2. The molecule has 0 aliphatic rings. The quantitative estimate of drug-likeness (QED) is 0.300. The highest BCUT2D eigenvalue weighted by Gasteiger charge is 2.23. The van der Waals surface area contributed by atoms with E-state index in [1.807, 2.05) is 0 Å². The van der Waals surface area contributed by atoms with Crippen molar-refractivity contribution in [1.82, 2.24) is 0 Å². The molecule has 6 heteroatoms. The molecule has 0 nitrogen and oxygen atoms in total. The van der Waals surface area contributed by atoms with Crippen LogP contribution in [-0.4, -0.2) is 0 Å². The van der Waals surface area contributed by atoms with Gasteiger partial charge in [0.2, 0.25) is 0 Å². The number of benzene rings is 1. The van der Waals surface area contributed by atoms with Crippen LogP contribution in [0.5, 0.6) is 0 Å². The van der Waals surface area contributed by atoms with Crippen molar-refractivity contribution in [2.45, 2.75) is 5.88 Å². The average Bonchev–Trinajstić information content (AvgIpc) is 2.13. The first kappa shape index (κ1) is 10.6. The zero-order chi connectivity index (χ0) is 10.2. The van der Waals surface area contributed by atoms with Gasteiger partial charge in [-0.1, -0.05) is 11.6 Å². The van der Waals surface area contributed by atoms with Crippen molar-refractivity contribution in [3.8, 4) is 0 Å². The van der Waals surface area contributed by atoms with Gasteiger partial charge in [-0.2, -0.15) is 0 Å². The van der Waals surface area contributed by atoms with Crippen molar-refractivity contribution in [2.24, 2.45) is 0 Å². The second-order valence-electron chi connectivity index (χ2n) is 2.18. The average molecular weight is 233 g/mol. The van der Waals surface area contributed by atoms with Gasteiger partial charge in [-0.15, -0.1) is 11.6 Å². The number of halogens is 6. The van der Waals surface area contributed by atoms with Gasteiger partial charge in [0.1, 0.15) is 0 Å². The summed E-state index contributed by atoms with van der Waals surface area (Å²) < 4.78 is 50.4. The molecule has 72 valence electrons. The molecule has 1 aromatic carbocycles. The van der Waals surface area contributed by atoms with Gasteiger partial charge in [-0.3, -0.25) is 0 Å². The van der Waals surface area contributed by atoms with Gasteiger partial charge in [-0.05, 0) is 0 Å². The molecule has 0 unspecified atom stereocenters. The lowest BCUT2D eigenvalue weighted by atomic mass is 10.2. The van der Waals surface area contributed by atoms with Crippen molar-refractivity contribution in [2.75, 3.05) is 0 Å². The fourth-order valence-electron chi connectivity index (χ4n) is 0.768. The minimum atomic E-state index is -1.93.